The normalized spacial score (nSPS) is 18.7. The van der Waals surface area contributed by atoms with Gasteiger partial charge in [-0.3, -0.25) is 9.59 Å². The van der Waals surface area contributed by atoms with Crippen molar-refractivity contribution in [1.82, 2.24) is 20.9 Å². The Morgan fingerprint density at radius 3 is 2.38 bits per heavy atom. The Balaban J connectivity index is 1.37. The van der Waals surface area contributed by atoms with E-state index in [0.29, 0.717) is 21.7 Å². The molecule has 42 heavy (non-hydrogen) atoms. The van der Waals surface area contributed by atoms with E-state index in [1.54, 1.807) is 63.2 Å². The fraction of sp³-hybridized carbons (Fsp3) is 0.375. The second-order valence-electron chi connectivity index (χ2n) is 11.9. The number of benzene rings is 2. The first kappa shape index (κ1) is 29.5. The van der Waals surface area contributed by atoms with Crippen LogP contribution in [-0.4, -0.2) is 58.1 Å². The van der Waals surface area contributed by atoms with Gasteiger partial charge in [0.2, 0.25) is 0 Å². The molecule has 3 aromatic rings. The zero-order valence-corrected chi connectivity index (χ0v) is 24.7. The molecule has 2 amide bonds. The average molecular weight is 591 g/mol. The number of carbonyl (C=O) groups excluding carboxylic acids is 3. The lowest BCUT2D eigenvalue weighted by molar-refractivity contribution is -0.162. The van der Waals surface area contributed by atoms with E-state index in [0.717, 1.165) is 37.1 Å². The first-order valence-corrected chi connectivity index (χ1v) is 14.5. The van der Waals surface area contributed by atoms with E-state index in [-0.39, 0.29) is 36.2 Å². The van der Waals surface area contributed by atoms with Gasteiger partial charge in [0.25, 0.3) is 11.8 Å². The van der Waals surface area contributed by atoms with Gasteiger partial charge >= 0.3 is 5.97 Å². The monoisotopic (exact) mass is 590 g/mol. The zero-order valence-electron chi connectivity index (χ0n) is 23.9. The van der Waals surface area contributed by atoms with Gasteiger partial charge in [0.1, 0.15) is 11.1 Å². The van der Waals surface area contributed by atoms with E-state index >= 15 is 0 Å². The van der Waals surface area contributed by atoms with Gasteiger partial charge in [0, 0.05) is 41.2 Å². The van der Waals surface area contributed by atoms with E-state index in [9.17, 15) is 19.5 Å². The van der Waals surface area contributed by atoms with Gasteiger partial charge in [-0.15, -0.1) is 0 Å². The van der Waals surface area contributed by atoms with Gasteiger partial charge in [0.05, 0.1) is 0 Å². The molecule has 5 rings (SSSR count). The van der Waals surface area contributed by atoms with E-state index < -0.39 is 23.0 Å². The molecule has 1 aliphatic carbocycles. The van der Waals surface area contributed by atoms with E-state index in [1.165, 1.54) is 6.20 Å². The van der Waals surface area contributed by atoms with Crippen LogP contribution < -0.4 is 16.0 Å². The number of amides is 2. The van der Waals surface area contributed by atoms with Gasteiger partial charge in [-0.2, -0.15) is 0 Å². The summed E-state index contributed by atoms with van der Waals surface area (Å²) in [5.74, 6) is -1.78. The number of rotatable bonds is 6. The van der Waals surface area contributed by atoms with Crippen LogP contribution in [0.1, 0.15) is 65.6 Å². The summed E-state index contributed by atoms with van der Waals surface area (Å²) in [6, 6.07) is 13.9. The highest BCUT2D eigenvalue weighted by Crippen LogP contribution is 2.36. The number of hydrogen-bond donors (Lipinski definition) is 4. The summed E-state index contributed by atoms with van der Waals surface area (Å²) in [6.45, 7) is 7.04. The van der Waals surface area contributed by atoms with Crippen molar-refractivity contribution in [3.63, 3.8) is 0 Å². The summed E-state index contributed by atoms with van der Waals surface area (Å²) in [5, 5.41) is 20.9. The second-order valence-corrected chi connectivity index (χ2v) is 12.4. The molecule has 1 unspecified atom stereocenters. The molecule has 2 aromatic carbocycles. The molecule has 0 saturated carbocycles. The minimum absolute atomic E-state index is 0.136. The number of carbonyl (C=O) groups is 3. The van der Waals surface area contributed by atoms with Crippen molar-refractivity contribution >= 4 is 29.4 Å². The van der Waals surface area contributed by atoms with Crippen LogP contribution in [0, 0.1) is 0 Å². The highest BCUT2D eigenvalue weighted by atomic mass is 35.5. The molecule has 2 aliphatic rings. The topological polar surface area (TPSA) is 130 Å². The fourth-order valence-electron chi connectivity index (χ4n) is 5.47. The van der Waals surface area contributed by atoms with Gasteiger partial charge in [-0.05, 0) is 93.7 Å². The summed E-state index contributed by atoms with van der Waals surface area (Å²) in [7, 11) is 0. The standard InChI is InChI=1S/C32H35ClN4O5/c1-31(2,3)42-30(41)32(17-21-8-9-23(33)16-22(21)18-32)37-29(40)26-27(38)25(12-15-35-26)19-4-6-20(7-5-19)28(39)36-24-10-13-34-14-11-24/h4-9,12,15-16,24,34,38H,10-11,13-14,17-18H2,1-3H3,(H,36,39)(H,37,40). The number of nitrogens with one attached hydrogen (secondary N) is 3. The molecule has 4 N–H and O–H groups in total. The van der Waals surface area contributed by atoms with E-state index in [4.69, 9.17) is 16.3 Å². The fourth-order valence-corrected chi connectivity index (χ4v) is 5.66. The molecule has 1 atom stereocenters. The third kappa shape index (κ3) is 6.42. The highest BCUT2D eigenvalue weighted by Gasteiger charge is 2.48. The lowest BCUT2D eigenvalue weighted by Crippen LogP contribution is -2.57. The number of ether oxygens (including phenoxy) is 1. The average Bonchev–Trinajstić information content (AvgIpc) is 3.31. The van der Waals surface area contributed by atoms with Crippen LogP contribution in [0.25, 0.3) is 11.1 Å². The van der Waals surface area contributed by atoms with Gasteiger partial charge in [-0.25, -0.2) is 9.78 Å². The van der Waals surface area contributed by atoms with Crippen LogP contribution >= 0.6 is 11.6 Å². The predicted molar refractivity (Wildman–Crippen MR) is 160 cm³/mol. The summed E-state index contributed by atoms with van der Waals surface area (Å²) in [6.07, 6.45) is 3.58. The van der Waals surface area contributed by atoms with Crippen molar-refractivity contribution in [2.75, 3.05) is 13.1 Å². The number of esters is 1. The van der Waals surface area contributed by atoms with Crippen molar-refractivity contribution < 1.29 is 24.2 Å². The maximum Gasteiger partial charge on any atom is 0.333 e. The third-order valence-corrected chi connectivity index (χ3v) is 7.80. The molecule has 0 bridgehead atoms. The van der Waals surface area contributed by atoms with Crippen LogP contribution in [0.3, 0.4) is 0 Å². The number of halogens is 1. The summed E-state index contributed by atoms with van der Waals surface area (Å²) in [5.41, 5.74) is 0.787. The Bertz CT molecular complexity index is 1510. The lowest BCUT2D eigenvalue weighted by atomic mass is 9.94. The highest BCUT2D eigenvalue weighted by molar-refractivity contribution is 6.30. The SMILES string of the molecule is CC(C)(C)OC(=O)C1(NC(=O)c2nccc(-c3ccc(C(=O)NC4CCNCC4)cc3)c2O)Cc2ccc(Cl)cc2C1. The number of aromatic nitrogens is 1. The van der Waals surface area contributed by atoms with Crippen LogP contribution in [0.15, 0.2) is 54.7 Å². The molecule has 0 spiro atoms. The molecular weight excluding hydrogens is 556 g/mol. The smallest absolute Gasteiger partial charge is 0.333 e. The second kappa shape index (κ2) is 11.7. The Hall–Kier alpha value is -3.95. The summed E-state index contributed by atoms with van der Waals surface area (Å²) < 4.78 is 5.72. The molecule has 0 radical (unpaired) electrons. The number of fused-ring (bicyclic) bond motifs is 1. The molecule has 9 nitrogen and oxygen atoms in total. The van der Waals surface area contributed by atoms with Crippen LogP contribution in [0.2, 0.25) is 5.02 Å². The third-order valence-electron chi connectivity index (χ3n) is 7.57. The molecule has 1 fully saturated rings. The van der Waals surface area contributed by atoms with Gasteiger partial charge < -0.3 is 25.8 Å². The minimum atomic E-state index is -1.40. The minimum Gasteiger partial charge on any atom is -0.505 e. The predicted octanol–water partition coefficient (Wildman–Crippen LogP) is 4.20. The molecular formula is C32H35ClN4O5. The van der Waals surface area contributed by atoms with Crippen molar-refractivity contribution in [1.29, 1.82) is 0 Å². The molecule has 2 heterocycles. The number of piperidine rings is 1. The van der Waals surface area contributed by atoms with Crippen molar-refractivity contribution in [2.45, 2.75) is 63.6 Å². The van der Waals surface area contributed by atoms with Crippen LogP contribution in [0.4, 0.5) is 0 Å². The maximum atomic E-state index is 13.6. The van der Waals surface area contributed by atoms with E-state index in [2.05, 4.69) is 20.9 Å². The summed E-state index contributed by atoms with van der Waals surface area (Å²) >= 11 is 6.20. The molecule has 1 saturated heterocycles. The summed E-state index contributed by atoms with van der Waals surface area (Å²) in [4.78, 5) is 44.0. The molecule has 1 aliphatic heterocycles. The Morgan fingerprint density at radius 2 is 1.69 bits per heavy atom. The van der Waals surface area contributed by atoms with Gasteiger partial charge in [0.15, 0.2) is 11.4 Å². The zero-order chi connectivity index (χ0) is 30.1. The van der Waals surface area contributed by atoms with Crippen molar-refractivity contribution in [3.05, 3.63) is 82.1 Å². The lowest BCUT2D eigenvalue weighted by Gasteiger charge is -2.32. The van der Waals surface area contributed by atoms with E-state index in [1.807, 2.05) is 6.07 Å². The molecule has 1 aromatic heterocycles. The quantitative estimate of drug-likeness (QED) is 0.317. The number of nitrogens with zero attached hydrogens (tertiary/aromatic N) is 1. The molecule has 220 valence electrons. The largest absolute Gasteiger partial charge is 0.505 e. The first-order valence-electron chi connectivity index (χ1n) is 14.1. The number of hydrogen-bond acceptors (Lipinski definition) is 7. The van der Waals surface area contributed by atoms with Crippen molar-refractivity contribution in [2.24, 2.45) is 0 Å². The van der Waals surface area contributed by atoms with Crippen LogP contribution in [-0.2, 0) is 22.4 Å². The number of pyridine rings is 1. The van der Waals surface area contributed by atoms with Gasteiger partial charge in [-0.1, -0.05) is 29.8 Å². The van der Waals surface area contributed by atoms with Crippen molar-refractivity contribution in [3.8, 4) is 16.9 Å². The maximum absolute atomic E-state index is 13.6. The first-order chi connectivity index (χ1) is 19.9. The molecule has 10 heteroatoms. The Labute approximate surface area is 250 Å². The number of aromatic hydroxyl groups is 1. The van der Waals surface area contributed by atoms with Crippen LogP contribution in [0.5, 0.6) is 5.75 Å². The Morgan fingerprint density at radius 1 is 1.00 bits per heavy atom. The Kier molecular flexibility index (Phi) is 8.25.